The molecule has 0 radical (unpaired) electrons. The molecule has 2 rings (SSSR count). The second-order valence-electron chi connectivity index (χ2n) is 5.19. The van der Waals surface area contributed by atoms with E-state index in [1.54, 1.807) is 12.4 Å². The Bertz CT molecular complexity index is 413. The van der Waals surface area contributed by atoms with E-state index in [1.165, 1.54) is 0 Å². The minimum atomic E-state index is -0.876. The van der Waals surface area contributed by atoms with Gasteiger partial charge in [0.2, 0.25) is 0 Å². The molecule has 0 amide bonds. The smallest absolute Gasteiger partial charge is 0.306 e. The summed E-state index contributed by atoms with van der Waals surface area (Å²) in [6.07, 6.45) is 5.41. The van der Waals surface area contributed by atoms with Gasteiger partial charge in [-0.3, -0.25) is 9.78 Å². The fraction of sp³-hybridized carbons (Fsp3) is 0.571. The highest BCUT2D eigenvalue weighted by molar-refractivity contribution is 5.70. The number of ether oxygens (including phenoxy) is 1. The second-order valence-corrected chi connectivity index (χ2v) is 5.19. The predicted molar refractivity (Wildman–Crippen MR) is 68.4 cm³/mol. The summed E-state index contributed by atoms with van der Waals surface area (Å²) in [5.74, 6) is -1.08. The summed E-state index contributed by atoms with van der Waals surface area (Å²) >= 11 is 0. The monoisotopic (exact) mass is 265 g/mol. The molecule has 1 saturated carbocycles. The zero-order chi connectivity index (χ0) is 13.7. The highest BCUT2D eigenvalue weighted by Crippen LogP contribution is 2.32. The van der Waals surface area contributed by atoms with Crippen molar-refractivity contribution in [2.75, 3.05) is 6.61 Å². The third-order valence-corrected chi connectivity index (χ3v) is 3.65. The largest absolute Gasteiger partial charge is 0.481 e. The number of aliphatic carboxylic acids is 1. The van der Waals surface area contributed by atoms with Crippen LogP contribution in [-0.4, -0.2) is 33.4 Å². The number of pyridine rings is 1. The maximum atomic E-state index is 10.8. The summed E-state index contributed by atoms with van der Waals surface area (Å²) in [6, 6.07) is 3.73. The molecule has 1 heterocycles. The number of nitrogens with zero attached hydrogens (tertiary/aromatic N) is 1. The Hall–Kier alpha value is -1.46. The van der Waals surface area contributed by atoms with E-state index in [4.69, 9.17) is 9.84 Å². The summed E-state index contributed by atoms with van der Waals surface area (Å²) in [5.41, 5.74) is 0.136. The minimum absolute atomic E-state index is 0.252. The molecule has 104 valence electrons. The number of rotatable bonds is 5. The average Bonchev–Trinajstić information content (AvgIpc) is 2.40. The van der Waals surface area contributed by atoms with Crippen molar-refractivity contribution in [2.24, 2.45) is 5.92 Å². The maximum Gasteiger partial charge on any atom is 0.306 e. The van der Waals surface area contributed by atoms with Gasteiger partial charge in [0.15, 0.2) is 0 Å². The minimum Gasteiger partial charge on any atom is -0.481 e. The van der Waals surface area contributed by atoms with Crippen molar-refractivity contribution in [3.8, 4) is 0 Å². The summed E-state index contributed by atoms with van der Waals surface area (Å²) in [7, 11) is 0. The molecular formula is C14H19NO4. The van der Waals surface area contributed by atoms with Gasteiger partial charge >= 0.3 is 5.97 Å². The summed E-state index contributed by atoms with van der Waals surface area (Å²) in [4.78, 5) is 14.8. The molecule has 2 N–H and O–H groups in total. The van der Waals surface area contributed by atoms with Gasteiger partial charge < -0.3 is 14.9 Å². The molecule has 0 unspecified atom stereocenters. The van der Waals surface area contributed by atoms with Crippen LogP contribution in [0.1, 0.15) is 31.2 Å². The number of hydrogen-bond acceptors (Lipinski definition) is 4. The van der Waals surface area contributed by atoms with Crippen LogP contribution in [0, 0.1) is 5.92 Å². The second kappa shape index (κ2) is 6.12. The fourth-order valence-electron chi connectivity index (χ4n) is 2.38. The Morgan fingerprint density at radius 2 is 2.00 bits per heavy atom. The lowest BCUT2D eigenvalue weighted by Crippen LogP contribution is -2.40. The highest BCUT2D eigenvalue weighted by atomic mass is 16.5. The van der Waals surface area contributed by atoms with Crippen LogP contribution in [-0.2, 0) is 16.1 Å². The van der Waals surface area contributed by atoms with Crippen molar-refractivity contribution in [1.82, 2.24) is 4.98 Å². The zero-order valence-corrected chi connectivity index (χ0v) is 10.8. The third-order valence-electron chi connectivity index (χ3n) is 3.65. The Morgan fingerprint density at radius 1 is 1.37 bits per heavy atom. The molecule has 1 aliphatic rings. The molecule has 0 spiro atoms. The topological polar surface area (TPSA) is 79.7 Å². The summed E-state index contributed by atoms with van der Waals surface area (Å²) < 4.78 is 5.53. The van der Waals surface area contributed by atoms with Crippen LogP contribution < -0.4 is 0 Å². The Kier molecular flexibility index (Phi) is 4.50. The average molecular weight is 265 g/mol. The lowest BCUT2D eigenvalue weighted by Gasteiger charge is -2.34. The van der Waals surface area contributed by atoms with Crippen LogP contribution in [0.15, 0.2) is 24.5 Å². The molecule has 0 saturated heterocycles. The van der Waals surface area contributed by atoms with Crippen molar-refractivity contribution in [1.29, 1.82) is 0 Å². The van der Waals surface area contributed by atoms with E-state index in [2.05, 4.69) is 4.98 Å². The summed E-state index contributed by atoms with van der Waals surface area (Å²) in [6.45, 7) is 0.689. The van der Waals surface area contributed by atoms with Crippen molar-refractivity contribution in [3.05, 3.63) is 30.1 Å². The van der Waals surface area contributed by atoms with E-state index in [9.17, 15) is 9.90 Å². The van der Waals surface area contributed by atoms with Crippen molar-refractivity contribution < 1.29 is 19.7 Å². The molecule has 0 bridgehead atoms. The molecule has 0 atom stereocenters. The first kappa shape index (κ1) is 14.0. The third kappa shape index (κ3) is 4.01. The van der Waals surface area contributed by atoms with Crippen LogP contribution in [0.4, 0.5) is 0 Å². The van der Waals surface area contributed by atoms with Gasteiger partial charge in [-0.1, -0.05) is 0 Å². The lowest BCUT2D eigenvalue weighted by molar-refractivity contribution is -0.146. The van der Waals surface area contributed by atoms with E-state index in [-0.39, 0.29) is 12.5 Å². The number of aliphatic hydroxyl groups is 1. The van der Waals surface area contributed by atoms with Crippen LogP contribution in [0.5, 0.6) is 0 Å². The van der Waals surface area contributed by atoms with Gasteiger partial charge in [0.05, 0.1) is 24.7 Å². The molecule has 1 aromatic heterocycles. The van der Waals surface area contributed by atoms with Crippen molar-refractivity contribution in [3.63, 3.8) is 0 Å². The van der Waals surface area contributed by atoms with Crippen LogP contribution in [0.25, 0.3) is 0 Å². The number of carboxylic acids is 1. The Labute approximate surface area is 112 Å². The molecule has 19 heavy (non-hydrogen) atoms. The molecule has 1 aliphatic carbocycles. The van der Waals surface area contributed by atoms with Gasteiger partial charge in [0.25, 0.3) is 0 Å². The van der Waals surface area contributed by atoms with Gasteiger partial charge in [-0.2, -0.15) is 0 Å². The van der Waals surface area contributed by atoms with Gasteiger partial charge in [0.1, 0.15) is 0 Å². The standard InChI is InChI=1S/C14H19NO4/c16-13(17)12-1-5-14(18,6-2-12)10-19-9-11-3-7-15-8-4-11/h3-4,7-8,12,18H,1-2,5-6,9-10H2,(H,16,17). The molecular weight excluding hydrogens is 246 g/mol. The van der Waals surface area contributed by atoms with Crippen LogP contribution in [0.3, 0.4) is 0 Å². The van der Waals surface area contributed by atoms with Crippen LogP contribution >= 0.6 is 0 Å². The van der Waals surface area contributed by atoms with Crippen molar-refractivity contribution in [2.45, 2.75) is 37.9 Å². The number of carbonyl (C=O) groups is 1. The zero-order valence-electron chi connectivity index (χ0n) is 10.8. The van der Waals surface area contributed by atoms with Gasteiger partial charge in [-0.05, 0) is 43.4 Å². The normalized spacial score (nSPS) is 27.1. The van der Waals surface area contributed by atoms with E-state index in [0.717, 1.165) is 5.56 Å². The van der Waals surface area contributed by atoms with E-state index >= 15 is 0 Å². The quantitative estimate of drug-likeness (QED) is 0.845. The first-order valence-electron chi connectivity index (χ1n) is 6.51. The molecule has 0 aromatic carbocycles. The summed E-state index contributed by atoms with van der Waals surface area (Å²) in [5, 5.41) is 19.2. The number of carboxylic acid groups (broad SMARTS) is 1. The van der Waals surface area contributed by atoms with Gasteiger partial charge in [-0.25, -0.2) is 0 Å². The van der Waals surface area contributed by atoms with E-state index in [1.807, 2.05) is 12.1 Å². The molecule has 0 aliphatic heterocycles. The van der Waals surface area contributed by atoms with Gasteiger partial charge in [-0.15, -0.1) is 0 Å². The Balaban J connectivity index is 1.75. The lowest BCUT2D eigenvalue weighted by atomic mass is 9.79. The van der Waals surface area contributed by atoms with Crippen LogP contribution in [0.2, 0.25) is 0 Å². The fourth-order valence-corrected chi connectivity index (χ4v) is 2.38. The Morgan fingerprint density at radius 3 is 2.58 bits per heavy atom. The molecule has 1 fully saturated rings. The maximum absolute atomic E-state index is 10.8. The first-order valence-corrected chi connectivity index (χ1v) is 6.51. The number of aromatic nitrogens is 1. The van der Waals surface area contributed by atoms with Gasteiger partial charge in [0, 0.05) is 12.4 Å². The highest BCUT2D eigenvalue weighted by Gasteiger charge is 2.35. The molecule has 5 heteroatoms. The SMILES string of the molecule is O=C(O)C1CCC(O)(COCc2ccncc2)CC1. The number of hydrogen-bond donors (Lipinski definition) is 2. The predicted octanol–water partition coefficient (Wildman–Crippen LogP) is 1.60. The van der Waals surface area contributed by atoms with E-state index < -0.39 is 11.6 Å². The molecule has 1 aromatic rings. The van der Waals surface area contributed by atoms with Crippen molar-refractivity contribution >= 4 is 5.97 Å². The van der Waals surface area contributed by atoms with E-state index in [0.29, 0.717) is 32.3 Å². The molecule has 5 nitrogen and oxygen atoms in total. The first-order chi connectivity index (χ1) is 9.09.